The quantitative estimate of drug-likeness (QED) is 0.222. The summed E-state index contributed by atoms with van der Waals surface area (Å²) < 4.78 is 0. The molecule has 1 amide bonds. The molecule has 0 atom stereocenters. The molecular formula is C13H25N3O2. The molecule has 4 N–H and O–H groups in total. The van der Waals surface area contributed by atoms with Crippen molar-refractivity contribution in [3.8, 4) is 0 Å². The molecular weight excluding hydrogens is 230 g/mol. The van der Waals surface area contributed by atoms with Crippen LogP contribution in [0.15, 0.2) is 5.16 Å². The van der Waals surface area contributed by atoms with Gasteiger partial charge in [-0.1, -0.05) is 12.1 Å². The van der Waals surface area contributed by atoms with E-state index in [-0.39, 0.29) is 17.7 Å². The summed E-state index contributed by atoms with van der Waals surface area (Å²) in [5.74, 6) is 1.44. The molecule has 0 aromatic rings. The topological polar surface area (TPSA) is 87.7 Å². The zero-order valence-electron chi connectivity index (χ0n) is 11.2. The molecule has 0 bridgehead atoms. The number of rotatable bonds is 6. The van der Waals surface area contributed by atoms with Gasteiger partial charge in [0.15, 0.2) is 0 Å². The summed E-state index contributed by atoms with van der Waals surface area (Å²) >= 11 is 0. The number of oxime groups is 1. The van der Waals surface area contributed by atoms with Crippen LogP contribution in [0.5, 0.6) is 0 Å². The molecule has 5 heteroatoms. The Morgan fingerprint density at radius 2 is 2.00 bits per heavy atom. The third-order valence-corrected chi connectivity index (χ3v) is 3.67. The minimum Gasteiger partial charge on any atom is -0.409 e. The molecule has 0 aliphatic heterocycles. The van der Waals surface area contributed by atoms with Crippen LogP contribution in [-0.2, 0) is 4.79 Å². The maximum Gasteiger partial charge on any atom is 0.223 e. The smallest absolute Gasteiger partial charge is 0.223 e. The van der Waals surface area contributed by atoms with E-state index in [1.54, 1.807) is 0 Å². The van der Waals surface area contributed by atoms with Crippen molar-refractivity contribution < 1.29 is 10.0 Å². The number of nitrogens with one attached hydrogen (secondary N) is 1. The molecule has 1 rings (SSSR count). The third-order valence-electron chi connectivity index (χ3n) is 3.67. The van der Waals surface area contributed by atoms with Crippen molar-refractivity contribution in [3.05, 3.63) is 0 Å². The van der Waals surface area contributed by atoms with Gasteiger partial charge in [-0.05, 0) is 44.4 Å². The third kappa shape index (κ3) is 5.38. The second-order valence-electron chi connectivity index (χ2n) is 5.30. The maximum absolute atomic E-state index is 11.9. The molecule has 0 saturated heterocycles. The summed E-state index contributed by atoms with van der Waals surface area (Å²) in [5.41, 5.74) is 5.36. The van der Waals surface area contributed by atoms with E-state index in [2.05, 4.69) is 17.4 Å². The number of carbonyl (C=O) groups is 1. The Morgan fingerprint density at radius 1 is 1.33 bits per heavy atom. The predicted octanol–water partition coefficient (Wildman–Crippen LogP) is 1.85. The van der Waals surface area contributed by atoms with Crippen molar-refractivity contribution in [3.63, 3.8) is 0 Å². The Labute approximate surface area is 109 Å². The Morgan fingerprint density at radius 3 is 2.61 bits per heavy atom. The van der Waals surface area contributed by atoms with E-state index in [4.69, 9.17) is 10.9 Å². The Balaban J connectivity index is 2.06. The number of amides is 1. The van der Waals surface area contributed by atoms with Gasteiger partial charge in [-0.25, -0.2) is 0 Å². The Hall–Kier alpha value is -1.26. The molecule has 1 saturated carbocycles. The first-order chi connectivity index (χ1) is 8.63. The molecule has 0 aromatic heterocycles. The summed E-state index contributed by atoms with van der Waals surface area (Å²) in [4.78, 5) is 11.9. The van der Waals surface area contributed by atoms with Crippen LogP contribution in [-0.4, -0.2) is 23.5 Å². The maximum atomic E-state index is 11.9. The summed E-state index contributed by atoms with van der Waals surface area (Å²) in [5, 5.41) is 14.2. The van der Waals surface area contributed by atoms with Gasteiger partial charge in [0.1, 0.15) is 5.84 Å². The zero-order valence-corrected chi connectivity index (χ0v) is 11.2. The highest BCUT2D eigenvalue weighted by atomic mass is 16.4. The lowest BCUT2D eigenvalue weighted by Crippen LogP contribution is -2.33. The zero-order chi connectivity index (χ0) is 13.4. The van der Waals surface area contributed by atoms with Crippen molar-refractivity contribution in [1.29, 1.82) is 0 Å². The molecule has 0 unspecified atom stereocenters. The Bertz CT molecular complexity index is 284. The molecule has 18 heavy (non-hydrogen) atoms. The van der Waals surface area contributed by atoms with Gasteiger partial charge in [0.05, 0.1) is 0 Å². The average Bonchev–Trinajstić information content (AvgIpc) is 2.38. The normalized spacial score (nSPS) is 24.8. The number of carbonyl (C=O) groups excluding carboxylic acids is 1. The van der Waals surface area contributed by atoms with Crippen LogP contribution in [0.2, 0.25) is 0 Å². The SMILES string of the molecule is CC1CCC(C(=O)NCCCCC(N)=NO)CC1. The highest BCUT2D eigenvalue weighted by Crippen LogP contribution is 2.28. The summed E-state index contributed by atoms with van der Waals surface area (Å²) in [6, 6.07) is 0. The van der Waals surface area contributed by atoms with Crippen LogP contribution in [0.4, 0.5) is 0 Å². The molecule has 0 heterocycles. The highest BCUT2D eigenvalue weighted by molar-refractivity contribution is 5.79. The monoisotopic (exact) mass is 255 g/mol. The van der Waals surface area contributed by atoms with Crippen LogP contribution < -0.4 is 11.1 Å². The van der Waals surface area contributed by atoms with Crippen LogP contribution >= 0.6 is 0 Å². The van der Waals surface area contributed by atoms with Gasteiger partial charge in [0.2, 0.25) is 5.91 Å². The molecule has 1 aliphatic carbocycles. The minimum absolute atomic E-state index is 0.200. The first-order valence-electron chi connectivity index (χ1n) is 6.87. The van der Waals surface area contributed by atoms with Crippen molar-refractivity contribution in [2.75, 3.05) is 6.54 Å². The van der Waals surface area contributed by atoms with Crippen molar-refractivity contribution in [1.82, 2.24) is 5.32 Å². The second kappa shape index (κ2) is 7.95. The van der Waals surface area contributed by atoms with Gasteiger partial charge in [0, 0.05) is 18.9 Å². The van der Waals surface area contributed by atoms with E-state index in [0.717, 1.165) is 31.6 Å². The average molecular weight is 255 g/mol. The van der Waals surface area contributed by atoms with Crippen molar-refractivity contribution >= 4 is 11.7 Å². The summed E-state index contributed by atoms with van der Waals surface area (Å²) in [7, 11) is 0. The van der Waals surface area contributed by atoms with Crippen molar-refractivity contribution in [2.45, 2.75) is 51.9 Å². The van der Waals surface area contributed by atoms with E-state index < -0.39 is 0 Å². The number of hydrogen-bond donors (Lipinski definition) is 3. The van der Waals surface area contributed by atoms with E-state index in [0.29, 0.717) is 13.0 Å². The van der Waals surface area contributed by atoms with Gasteiger partial charge in [0.25, 0.3) is 0 Å². The summed E-state index contributed by atoms with van der Waals surface area (Å²) in [6.45, 7) is 2.94. The molecule has 104 valence electrons. The second-order valence-corrected chi connectivity index (χ2v) is 5.30. The standard InChI is InChI=1S/C13H25N3O2/c1-10-5-7-11(8-6-10)13(17)15-9-3-2-4-12(14)16-18/h10-11,18H,2-9H2,1H3,(H2,14,16)(H,15,17). The lowest BCUT2D eigenvalue weighted by molar-refractivity contribution is -0.126. The fourth-order valence-electron chi connectivity index (χ4n) is 2.36. The molecule has 1 fully saturated rings. The van der Waals surface area contributed by atoms with E-state index in [1.165, 1.54) is 12.8 Å². The number of amidine groups is 1. The molecule has 5 nitrogen and oxygen atoms in total. The van der Waals surface area contributed by atoms with Gasteiger partial charge in [-0.2, -0.15) is 0 Å². The highest BCUT2D eigenvalue weighted by Gasteiger charge is 2.23. The van der Waals surface area contributed by atoms with Crippen LogP contribution in [0.25, 0.3) is 0 Å². The fourth-order valence-corrected chi connectivity index (χ4v) is 2.36. The van der Waals surface area contributed by atoms with Crippen LogP contribution in [0.1, 0.15) is 51.9 Å². The van der Waals surface area contributed by atoms with Crippen molar-refractivity contribution in [2.24, 2.45) is 22.7 Å². The first-order valence-corrected chi connectivity index (χ1v) is 6.87. The molecule has 0 radical (unpaired) electrons. The number of nitrogens with two attached hydrogens (primary N) is 1. The Kier molecular flexibility index (Phi) is 6.54. The van der Waals surface area contributed by atoms with Gasteiger partial charge >= 0.3 is 0 Å². The summed E-state index contributed by atoms with van der Waals surface area (Å²) in [6.07, 6.45) is 6.66. The van der Waals surface area contributed by atoms with E-state index in [9.17, 15) is 4.79 Å². The van der Waals surface area contributed by atoms with Crippen LogP contribution in [0, 0.1) is 11.8 Å². The van der Waals surface area contributed by atoms with E-state index in [1.807, 2.05) is 0 Å². The largest absolute Gasteiger partial charge is 0.409 e. The minimum atomic E-state index is 0.200. The van der Waals surface area contributed by atoms with Gasteiger partial charge in [-0.3, -0.25) is 4.79 Å². The lowest BCUT2D eigenvalue weighted by Gasteiger charge is -2.25. The van der Waals surface area contributed by atoms with Gasteiger partial charge in [-0.15, -0.1) is 0 Å². The number of nitrogens with zero attached hydrogens (tertiary/aromatic N) is 1. The number of unbranched alkanes of at least 4 members (excludes halogenated alkanes) is 1. The van der Waals surface area contributed by atoms with Crippen LogP contribution in [0.3, 0.4) is 0 Å². The molecule has 1 aliphatic rings. The lowest BCUT2D eigenvalue weighted by atomic mass is 9.82. The van der Waals surface area contributed by atoms with Gasteiger partial charge < -0.3 is 16.3 Å². The molecule has 0 spiro atoms. The predicted molar refractivity (Wildman–Crippen MR) is 71.4 cm³/mol. The van der Waals surface area contributed by atoms with E-state index >= 15 is 0 Å². The first kappa shape index (κ1) is 14.8. The number of hydrogen-bond acceptors (Lipinski definition) is 3. The molecule has 0 aromatic carbocycles. The fraction of sp³-hybridized carbons (Fsp3) is 0.846.